The Balaban J connectivity index is 1.88. The van der Waals surface area contributed by atoms with Crippen LogP contribution in [0.4, 0.5) is 0 Å². The lowest BCUT2D eigenvalue weighted by Crippen LogP contribution is -2.27. The molecule has 114 valence electrons. The highest BCUT2D eigenvalue weighted by atomic mass is 32.1. The average molecular weight is 312 g/mol. The van der Waals surface area contributed by atoms with Gasteiger partial charge in [-0.25, -0.2) is 0 Å². The molecule has 0 unspecified atom stereocenters. The maximum absolute atomic E-state index is 12.5. The Morgan fingerprint density at radius 1 is 1.18 bits per heavy atom. The molecule has 1 N–H and O–H groups in total. The smallest absolute Gasteiger partial charge is 0.252 e. The van der Waals surface area contributed by atoms with Crippen molar-refractivity contribution in [3.05, 3.63) is 47.3 Å². The Bertz CT molecular complexity index is 807. The Morgan fingerprint density at radius 2 is 2.00 bits per heavy atom. The van der Waals surface area contributed by atoms with Gasteiger partial charge in [-0.15, -0.1) is 11.3 Å². The highest BCUT2D eigenvalue weighted by Crippen LogP contribution is 2.32. The molecule has 1 heterocycles. The number of amides is 1. The second kappa shape index (κ2) is 6.46. The minimum Gasteiger partial charge on any atom is -0.352 e. The lowest BCUT2D eigenvalue weighted by molar-refractivity contribution is 0.0954. The molecular weight excluding hydrogens is 292 g/mol. The lowest BCUT2D eigenvalue weighted by atomic mass is 10.0. The van der Waals surface area contributed by atoms with Crippen LogP contribution in [-0.2, 0) is 0 Å². The third-order valence-electron chi connectivity index (χ3n) is 3.77. The van der Waals surface area contributed by atoms with Crippen LogP contribution in [0.25, 0.3) is 20.9 Å². The van der Waals surface area contributed by atoms with Crippen LogP contribution in [0.2, 0.25) is 0 Å². The van der Waals surface area contributed by atoms with Crippen molar-refractivity contribution in [2.75, 3.05) is 27.2 Å². The van der Waals surface area contributed by atoms with Crippen LogP contribution in [0, 0.1) is 0 Å². The van der Waals surface area contributed by atoms with Gasteiger partial charge in [-0.2, -0.15) is 0 Å². The third-order valence-corrected chi connectivity index (χ3v) is 4.72. The fraction of sp³-hybridized carbons (Fsp3) is 0.278. The summed E-state index contributed by atoms with van der Waals surface area (Å²) in [5.74, 6) is 0.0250. The van der Waals surface area contributed by atoms with Crippen LogP contribution >= 0.6 is 11.3 Å². The number of rotatable bonds is 5. The number of fused-ring (bicyclic) bond motifs is 3. The number of nitrogens with one attached hydrogen (secondary N) is 1. The van der Waals surface area contributed by atoms with Crippen molar-refractivity contribution in [3.63, 3.8) is 0 Å². The maximum Gasteiger partial charge on any atom is 0.252 e. The standard InChI is InChI=1S/C18H20N2OS/c1-20(2)10-5-9-19-18(21)16-12-13-6-3-4-7-14(13)15-8-11-22-17(15)16/h3-4,6-8,11-12H,5,9-10H2,1-2H3,(H,19,21). The minimum absolute atomic E-state index is 0.0250. The van der Waals surface area contributed by atoms with Gasteiger partial charge in [-0.3, -0.25) is 4.79 Å². The van der Waals surface area contributed by atoms with Crippen LogP contribution in [-0.4, -0.2) is 38.0 Å². The van der Waals surface area contributed by atoms with Crippen LogP contribution in [0.15, 0.2) is 41.8 Å². The van der Waals surface area contributed by atoms with Crippen molar-refractivity contribution in [3.8, 4) is 0 Å². The molecule has 0 aliphatic carbocycles. The number of hydrogen-bond acceptors (Lipinski definition) is 3. The summed E-state index contributed by atoms with van der Waals surface area (Å²) < 4.78 is 1.07. The number of hydrogen-bond donors (Lipinski definition) is 1. The molecule has 0 aliphatic rings. The van der Waals surface area contributed by atoms with E-state index in [1.165, 1.54) is 10.8 Å². The summed E-state index contributed by atoms with van der Waals surface area (Å²) in [6, 6.07) is 12.3. The molecule has 0 fully saturated rings. The second-order valence-corrected chi connectivity index (χ2v) is 6.64. The van der Waals surface area contributed by atoms with E-state index in [4.69, 9.17) is 0 Å². The highest BCUT2D eigenvalue weighted by molar-refractivity contribution is 7.17. The number of carbonyl (C=O) groups is 1. The van der Waals surface area contributed by atoms with Gasteiger partial charge >= 0.3 is 0 Å². The van der Waals surface area contributed by atoms with Crippen molar-refractivity contribution < 1.29 is 4.79 Å². The molecule has 1 amide bonds. The van der Waals surface area contributed by atoms with Gasteiger partial charge in [0.05, 0.1) is 5.56 Å². The highest BCUT2D eigenvalue weighted by Gasteiger charge is 2.13. The van der Waals surface area contributed by atoms with E-state index in [1.54, 1.807) is 11.3 Å². The normalized spacial score (nSPS) is 11.4. The second-order valence-electron chi connectivity index (χ2n) is 5.72. The largest absolute Gasteiger partial charge is 0.352 e. The zero-order chi connectivity index (χ0) is 15.5. The van der Waals surface area contributed by atoms with Crippen molar-refractivity contribution >= 4 is 38.1 Å². The van der Waals surface area contributed by atoms with Gasteiger partial charge in [-0.05, 0) is 55.3 Å². The molecule has 0 saturated heterocycles. The van der Waals surface area contributed by atoms with Crippen LogP contribution in [0.5, 0.6) is 0 Å². The Labute approximate surface area is 134 Å². The van der Waals surface area contributed by atoms with E-state index in [2.05, 4.69) is 33.8 Å². The first-order valence-electron chi connectivity index (χ1n) is 7.48. The molecule has 0 radical (unpaired) electrons. The van der Waals surface area contributed by atoms with Crippen molar-refractivity contribution in [1.29, 1.82) is 0 Å². The minimum atomic E-state index is 0.0250. The number of nitrogens with zero attached hydrogens (tertiary/aromatic N) is 1. The van der Waals surface area contributed by atoms with Gasteiger partial charge in [0.2, 0.25) is 0 Å². The summed E-state index contributed by atoms with van der Waals surface area (Å²) in [4.78, 5) is 14.7. The molecule has 3 nitrogen and oxygen atoms in total. The Hall–Kier alpha value is -1.91. The summed E-state index contributed by atoms with van der Waals surface area (Å²) in [5, 5.41) is 8.59. The van der Waals surface area contributed by atoms with E-state index in [-0.39, 0.29) is 5.91 Å². The van der Waals surface area contributed by atoms with Gasteiger partial charge in [0, 0.05) is 16.6 Å². The molecule has 1 aromatic heterocycles. The molecule has 0 aliphatic heterocycles. The first-order chi connectivity index (χ1) is 10.7. The van der Waals surface area contributed by atoms with E-state index >= 15 is 0 Å². The number of carbonyl (C=O) groups excluding carboxylic acids is 1. The van der Waals surface area contributed by atoms with Gasteiger partial charge in [-0.1, -0.05) is 24.3 Å². The summed E-state index contributed by atoms with van der Waals surface area (Å²) in [6.07, 6.45) is 0.958. The van der Waals surface area contributed by atoms with Crippen LogP contribution < -0.4 is 5.32 Å². The van der Waals surface area contributed by atoms with Gasteiger partial charge in [0.25, 0.3) is 5.91 Å². The van der Waals surface area contributed by atoms with E-state index in [0.29, 0.717) is 6.54 Å². The molecule has 3 aromatic rings. The Morgan fingerprint density at radius 3 is 2.82 bits per heavy atom. The van der Waals surface area contributed by atoms with E-state index < -0.39 is 0 Å². The summed E-state index contributed by atoms with van der Waals surface area (Å²) in [7, 11) is 4.08. The van der Waals surface area contributed by atoms with Gasteiger partial charge in [0.1, 0.15) is 0 Å². The fourth-order valence-corrected chi connectivity index (χ4v) is 3.60. The molecule has 0 atom stereocenters. The molecule has 4 heteroatoms. The van der Waals surface area contributed by atoms with Gasteiger partial charge < -0.3 is 10.2 Å². The monoisotopic (exact) mass is 312 g/mol. The zero-order valence-electron chi connectivity index (χ0n) is 12.9. The van der Waals surface area contributed by atoms with Crippen molar-refractivity contribution in [1.82, 2.24) is 10.2 Å². The quantitative estimate of drug-likeness (QED) is 0.728. The average Bonchev–Trinajstić information content (AvgIpc) is 3.00. The van der Waals surface area contributed by atoms with E-state index in [1.807, 2.05) is 32.3 Å². The Kier molecular flexibility index (Phi) is 4.41. The summed E-state index contributed by atoms with van der Waals surface area (Å²) in [5.41, 5.74) is 0.786. The first kappa shape index (κ1) is 15.0. The predicted molar refractivity (Wildman–Crippen MR) is 94.8 cm³/mol. The topological polar surface area (TPSA) is 32.3 Å². The van der Waals surface area contributed by atoms with Crippen LogP contribution in [0.1, 0.15) is 16.8 Å². The number of thiophene rings is 1. The van der Waals surface area contributed by atoms with E-state index in [9.17, 15) is 4.79 Å². The third kappa shape index (κ3) is 2.98. The van der Waals surface area contributed by atoms with Crippen LogP contribution in [0.3, 0.4) is 0 Å². The lowest BCUT2D eigenvalue weighted by Gasteiger charge is -2.11. The molecule has 2 aromatic carbocycles. The first-order valence-corrected chi connectivity index (χ1v) is 8.36. The molecule has 22 heavy (non-hydrogen) atoms. The van der Waals surface area contributed by atoms with Crippen molar-refractivity contribution in [2.24, 2.45) is 0 Å². The molecule has 3 rings (SSSR count). The molecule has 0 spiro atoms. The number of benzene rings is 2. The molecule has 0 saturated carbocycles. The summed E-state index contributed by atoms with van der Waals surface area (Å²) >= 11 is 1.63. The van der Waals surface area contributed by atoms with Gasteiger partial charge in [0.15, 0.2) is 0 Å². The predicted octanol–water partition coefficient (Wildman–Crippen LogP) is 3.74. The SMILES string of the molecule is CN(C)CCCNC(=O)c1cc2ccccc2c2ccsc12. The zero-order valence-corrected chi connectivity index (χ0v) is 13.7. The molecular formula is C18H20N2OS. The maximum atomic E-state index is 12.5. The van der Waals surface area contributed by atoms with Crippen molar-refractivity contribution in [2.45, 2.75) is 6.42 Å². The van der Waals surface area contributed by atoms with E-state index in [0.717, 1.165) is 28.6 Å². The summed E-state index contributed by atoms with van der Waals surface area (Å²) in [6.45, 7) is 1.68. The molecule has 0 bridgehead atoms. The fourth-order valence-electron chi connectivity index (χ4n) is 2.68.